The Morgan fingerprint density at radius 3 is 2.50 bits per heavy atom. The highest BCUT2D eigenvalue weighted by atomic mass is 16.3. The minimum atomic E-state index is -0.250. The van der Waals surface area contributed by atoms with Crippen molar-refractivity contribution in [3.05, 3.63) is 12.2 Å². The molecule has 0 amide bonds. The summed E-state index contributed by atoms with van der Waals surface area (Å²) in [5, 5.41) is 16.1. The molecule has 70 valence electrons. The summed E-state index contributed by atoms with van der Waals surface area (Å²) in [5.41, 5.74) is 0. The van der Waals surface area contributed by atoms with Crippen LogP contribution in [-0.4, -0.2) is 22.8 Å². The first-order valence-electron chi connectivity index (χ1n) is 4.22. The number of allylic oxidation sites excluding steroid dienone is 2. The van der Waals surface area contributed by atoms with Gasteiger partial charge in [-0.25, -0.2) is 0 Å². The predicted octanol–water partition coefficient (Wildman–Crippen LogP) is 1.57. The summed E-state index contributed by atoms with van der Waals surface area (Å²) < 4.78 is 0. The lowest BCUT2D eigenvalue weighted by Crippen LogP contribution is -2.06. The van der Waals surface area contributed by atoms with Crippen LogP contribution in [-0.2, 0) is 4.79 Å². The number of carbonyl (C=O) groups is 1. The molecule has 1 unspecified atom stereocenters. The van der Waals surface area contributed by atoms with Gasteiger partial charge in [0.1, 0.15) is 0 Å². The molecule has 0 aromatic carbocycles. The highest BCUT2D eigenvalue weighted by Gasteiger charge is 2.02. The van der Waals surface area contributed by atoms with Crippen LogP contribution < -0.4 is 0 Å². The summed E-state index contributed by atoms with van der Waals surface area (Å²) in [4.78, 5) is 8.36. The number of rotatable bonds is 0. The Kier molecular flexibility index (Phi) is 7.70. The van der Waals surface area contributed by atoms with Gasteiger partial charge in [-0.05, 0) is 32.1 Å². The number of aliphatic hydroxyl groups excluding tert-OH is 1. The third kappa shape index (κ3) is 7.28. The van der Waals surface area contributed by atoms with Gasteiger partial charge in [0.15, 0.2) is 0 Å². The monoisotopic (exact) mass is 172 g/mol. The number of carboxylic acid groups (broad SMARTS) is 1. The zero-order chi connectivity index (χ0) is 9.23. The molecule has 0 saturated carbocycles. The van der Waals surface area contributed by atoms with Crippen molar-refractivity contribution in [3.8, 4) is 0 Å². The summed E-state index contributed by atoms with van der Waals surface area (Å²) in [5.74, 6) is 0. The highest BCUT2D eigenvalue weighted by molar-refractivity contribution is 5.32. The molecule has 1 rings (SSSR count). The summed E-state index contributed by atoms with van der Waals surface area (Å²) in [6.07, 6.45) is 9.65. The molecular weight excluding hydrogens is 156 g/mol. The molecule has 0 aromatic rings. The zero-order valence-corrected chi connectivity index (χ0v) is 7.15. The van der Waals surface area contributed by atoms with Crippen LogP contribution in [0.15, 0.2) is 12.2 Å². The van der Waals surface area contributed by atoms with Crippen LogP contribution >= 0.6 is 0 Å². The maximum atomic E-state index is 9.18. The van der Waals surface area contributed by atoms with Crippen LogP contribution in [0, 0.1) is 0 Å². The van der Waals surface area contributed by atoms with E-state index in [9.17, 15) is 5.11 Å². The molecule has 3 heteroatoms. The lowest BCUT2D eigenvalue weighted by atomic mass is 10.0. The third-order valence-electron chi connectivity index (χ3n) is 1.74. The first kappa shape index (κ1) is 11.2. The fourth-order valence-electron chi connectivity index (χ4n) is 1.14. The third-order valence-corrected chi connectivity index (χ3v) is 1.74. The molecule has 0 saturated heterocycles. The van der Waals surface area contributed by atoms with E-state index in [0.29, 0.717) is 0 Å². The Balaban J connectivity index is 0.000000354. The molecule has 0 bridgehead atoms. The second-order valence-corrected chi connectivity index (χ2v) is 2.74. The Morgan fingerprint density at radius 1 is 1.25 bits per heavy atom. The van der Waals surface area contributed by atoms with Crippen molar-refractivity contribution >= 4 is 6.47 Å². The molecule has 3 nitrogen and oxygen atoms in total. The molecular formula is C9H16O3. The van der Waals surface area contributed by atoms with Gasteiger partial charge in [0.2, 0.25) is 0 Å². The van der Waals surface area contributed by atoms with Gasteiger partial charge in [-0.15, -0.1) is 0 Å². The van der Waals surface area contributed by atoms with Gasteiger partial charge in [-0.3, -0.25) is 4.79 Å². The molecule has 0 radical (unpaired) electrons. The van der Waals surface area contributed by atoms with Crippen molar-refractivity contribution < 1.29 is 15.0 Å². The van der Waals surface area contributed by atoms with Gasteiger partial charge in [-0.2, -0.15) is 0 Å². The van der Waals surface area contributed by atoms with Crippen LogP contribution in [0.25, 0.3) is 0 Å². The quantitative estimate of drug-likeness (QED) is 0.430. The van der Waals surface area contributed by atoms with Crippen molar-refractivity contribution in [1.82, 2.24) is 0 Å². The van der Waals surface area contributed by atoms with Gasteiger partial charge in [0.25, 0.3) is 6.47 Å². The van der Waals surface area contributed by atoms with E-state index in [1.54, 1.807) is 0 Å². The normalized spacial score (nSPS) is 22.9. The van der Waals surface area contributed by atoms with E-state index in [1.165, 1.54) is 0 Å². The number of hydrogen-bond acceptors (Lipinski definition) is 2. The minimum Gasteiger partial charge on any atom is -0.483 e. The maximum Gasteiger partial charge on any atom is 0.290 e. The summed E-state index contributed by atoms with van der Waals surface area (Å²) in [6.45, 7) is -0.250. The molecule has 0 fully saturated rings. The second-order valence-electron chi connectivity index (χ2n) is 2.74. The SMILES string of the molecule is O=CO.OC1CCC=CCCC1. The van der Waals surface area contributed by atoms with Gasteiger partial charge >= 0.3 is 0 Å². The summed E-state index contributed by atoms with van der Waals surface area (Å²) in [6, 6.07) is 0. The maximum absolute atomic E-state index is 9.18. The van der Waals surface area contributed by atoms with E-state index in [1.807, 2.05) is 0 Å². The highest BCUT2D eigenvalue weighted by Crippen LogP contribution is 2.11. The van der Waals surface area contributed by atoms with Gasteiger partial charge < -0.3 is 10.2 Å². The average Bonchev–Trinajstić information content (AvgIpc) is 1.98. The number of aliphatic hydroxyl groups is 1. The first-order valence-corrected chi connectivity index (χ1v) is 4.22. The smallest absolute Gasteiger partial charge is 0.290 e. The zero-order valence-electron chi connectivity index (χ0n) is 7.15. The van der Waals surface area contributed by atoms with E-state index in [2.05, 4.69) is 12.2 Å². The lowest BCUT2D eigenvalue weighted by Gasteiger charge is -2.09. The molecule has 1 aliphatic rings. The Labute approximate surface area is 72.7 Å². The van der Waals surface area contributed by atoms with Crippen molar-refractivity contribution in [3.63, 3.8) is 0 Å². The van der Waals surface area contributed by atoms with Crippen LogP contribution in [0.5, 0.6) is 0 Å². The van der Waals surface area contributed by atoms with Crippen LogP contribution in [0.1, 0.15) is 32.1 Å². The van der Waals surface area contributed by atoms with E-state index in [4.69, 9.17) is 9.90 Å². The van der Waals surface area contributed by atoms with Crippen molar-refractivity contribution in [1.29, 1.82) is 0 Å². The largest absolute Gasteiger partial charge is 0.483 e. The van der Waals surface area contributed by atoms with E-state index in [-0.39, 0.29) is 12.6 Å². The topological polar surface area (TPSA) is 57.5 Å². The molecule has 0 heterocycles. The molecule has 2 N–H and O–H groups in total. The Bertz CT molecular complexity index is 132. The van der Waals surface area contributed by atoms with Crippen molar-refractivity contribution in [2.45, 2.75) is 38.2 Å². The second kappa shape index (κ2) is 8.27. The van der Waals surface area contributed by atoms with E-state index < -0.39 is 0 Å². The summed E-state index contributed by atoms with van der Waals surface area (Å²) in [7, 11) is 0. The predicted molar refractivity (Wildman–Crippen MR) is 46.9 cm³/mol. The standard InChI is InChI=1S/C8H14O.CH2O2/c9-8-6-4-2-1-3-5-7-8;2-1-3/h1-2,8-9H,3-7H2;1H,(H,2,3). The van der Waals surface area contributed by atoms with Crippen LogP contribution in [0.2, 0.25) is 0 Å². The van der Waals surface area contributed by atoms with Gasteiger partial charge in [-0.1, -0.05) is 12.2 Å². The first-order chi connectivity index (χ1) is 5.81. The fourth-order valence-corrected chi connectivity index (χ4v) is 1.14. The molecule has 0 aliphatic heterocycles. The molecule has 12 heavy (non-hydrogen) atoms. The van der Waals surface area contributed by atoms with Crippen LogP contribution in [0.4, 0.5) is 0 Å². The van der Waals surface area contributed by atoms with E-state index >= 15 is 0 Å². The molecule has 1 atom stereocenters. The minimum absolute atomic E-state index is 0.0325. The van der Waals surface area contributed by atoms with Crippen molar-refractivity contribution in [2.75, 3.05) is 0 Å². The van der Waals surface area contributed by atoms with Gasteiger partial charge in [0.05, 0.1) is 6.10 Å². The summed E-state index contributed by atoms with van der Waals surface area (Å²) >= 11 is 0. The Morgan fingerprint density at radius 2 is 1.83 bits per heavy atom. The lowest BCUT2D eigenvalue weighted by molar-refractivity contribution is -0.122. The number of hydrogen-bond donors (Lipinski definition) is 2. The van der Waals surface area contributed by atoms with Crippen molar-refractivity contribution in [2.24, 2.45) is 0 Å². The molecule has 0 spiro atoms. The fraction of sp³-hybridized carbons (Fsp3) is 0.667. The van der Waals surface area contributed by atoms with E-state index in [0.717, 1.165) is 32.1 Å². The average molecular weight is 172 g/mol. The Hall–Kier alpha value is -0.830. The molecule has 1 aliphatic carbocycles. The molecule has 0 aromatic heterocycles. The van der Waals surface area contributed by atoms with Crippen LogP contribution in [0.3, 0.4) is 0 Å². The van der Waals surface area contributed by atoms with Gasteiger partial charge in [0, 0.05) is 0 Å².